The van der Waals surface area contributed by atoms with Crippen LogP contribution in [0.25, 0.3) is 5.65 Å². The van der Waals surface area contributed by atoms with E-state index >= 15 is 0 Å². The minimum Gasteiger partial charge on any atom is -0.348 e. The van der Waals surface area contributed by atoms with E-state index < -0.39 is 9.84 Å². The van der Waals surface area contributed by atoms with E-state index in [0.717, 1.165) is 11.4 Å². The average molecular weight is 308 g/mol. The number of sulfone groups is 1. The Morgan fingerprint density at radius 2 is 2.19 bits per heavy atom. The zero-order valence-electron chi connectivity index (χ0n) is 11.8. The maximum atomic E-state index is 12.3. The number of nitrogens with zero attached hydrogens (tertiary/aromatic N) is 3. The number of hydrogen-bond acceptors (Lipinski definition) is 5. The zero-order valence-corrected chi connectivity index (χ0v) is 12.6. The first-order valence-corrected chi connectivity index (χ1v) is 8.51. The molecule has 1 fully saturated rings. The van der Waals surface area contributed by atoms with Gasteiger partial charge in [0.05, 0.1) is 17.7 Å². The molecule has 0 radical (unpaired) electrons. The molecule has 2 aromatic rings. The first-order valence-electron chi connectivity index (χ1n) is 6.69. The van der Waals surface area contributed by atoms with Gasteiger partial charge in [0.1, 0.15) is 5.56 Å². The molecule has 112 valence electrons. The van der Waals surface area contributed by atoms with Gasteiger partial charge in [-0.1, -0.05) is 0 Å². The largest absolute Gasteiger partial charge is 0.348 e. The average Bonchev–Trinajstić information content (AvgIpc) is 2.92. The molecule has 8 heteroatoms. The lowest BCUT2D eigenvalue weighted by Gasteiger charge is -2.09. The Balaban J connectivity index is 1.89. The molecular formula is C13H16N4O3S. The molecule has 1 amide bonds. The molecule has 0 spiro atoms. The summed E-state index contributed by atoms with van der Waals surface area (Å²) in [6.07, 6.45) is 1.92. The maximum absolute atomic E-state index is 12.3. The number of aryl methyl sites for hydroxylation is 2. The van der Waals surface area contributed by atoms with Crippen molar-refractivity contribution in [2.75, 3.05) is 11.5 Å². The van der Waals surface area contributed by atoms with Crippen molar-refractivity contribution in [2.24, 2.45) is 0 Å². The zero-order chi connectivity index (χ0) is 15.2. The summed E-state index contributed by atoms with van der Waals surface area (Å²) in [7, 11) is -3.02. The van der Waals surface area contributed by atoms with E-state index in [-0.39, 0.29) is 23.5 Å². The number of amides is 1. The molecule has 1 N–H and O–H groups in total. The Morgan fingerprint density at radius 3 is 2.86 bits per heavy atom. The first-order chi connectivity index (χ1) is 9.85. The van der Waals surface area contributed by atoms with Gasteiger partial charge in [-0.15, -0.1) is 0 Å². The molecule has 21 heavy (non-hydrogen) atoms. The summed E-state index contributed by atoms with van der Waals surface area (Å²) in [6.45, 7) is 3.74. The smallest absolute Gasteiger partial charge is 0.257 e. The summed E-state index contributed by atoms with van der Waals surface area (Å²) < 4.78 is 24.5. The van der Waals surface area contributed by atoms with Crippen LogP contribution in [0.4, 0.5) is 0 Å². The number of fused-ring (bicyclic) bond motifs is 1. The van der Waals surface area contributed by atoms with Crippen LogP contribution in [0.2, 0.25) is 0 Å². The van der Waals surface area contributed by atoms with E-state index in [4.69, 9.17) is 0 Å². The van der Waals surface area contributed by atoms with Crippen molar-refractivity contribution in [3.05, 3.63) is 29.2 Å². The monoisotopic (exact) mass is 308 g/mol. The standard InChI is InChI=1S/C13H16N4O3S/c1-8-5-9(2)17-12(15-8)11(6-14-17)13(18)16-10-3-4-21(19,20)7-10/h5-6,10H,3-4,7H2,1-2H3,(H,16,18). The predicted molar refractivity (Wildman–Crippen MR) is 77.0 cm³/mol. The van der Waals surface area contributed by atoms with Crippen LogP contribution in [0.5, 0.6) is 0 Å². The van der Waals surface area contributed by atoms with E-state index in [1.165, 1.54) is 6.20 Å². The van der Waals surface area contributed by atoms with Gasteiger partial charge in [-0.2, -0.15) is 5.10 Å². The van der Waals surface area contributed by atoms with Crippen molar-refractivity contribution in [1.82, 2.24) is 19.9 Å². The number of hydrogen-bond donors (Lipinski definition) is 1. The second-order valence-corrected chi connectivity index (χ2v) is 7.63. The molecule has 1 unspecified atom stereocenters. The van der Waals surface area contributed by atoms with Gasteiger partial charge in [-0.05, 0) is 26.3 Å². The van der Waals surface area contributed by atoms with Crippen LogP contribution in [-0.2, 0) is 9.84 Å². The topological polar surface area (TPSA) is 93.4 Å². The minimum atomic E-state index is -3.02. The van der Waals surface area contributed by atoms with Gasteiger partial charge in [0, 0.05) is 17.4 Å². The second-order valence-electron chi connectivity index (χ2n) is 5.41. The number of rotatable bonds is 2. The van der Waals surface area contributed by atoms with Gasteiger partial charge in [-0.3, -0.25) is 4.79 Å². The van der Waals surface area contributed by atoms with E-state index in [2.05, 4.69) is 15.4 Å². The van der Waals surface area contributed by atoms with Crippen molar-refractivity contribution in [1.29, 1.82) is 0 Å². The van der Waals surface area contributed by atoms with Gasteiger partial charge in [0.15, 0.2) is 15.5 Å². The summed E-state index contributed by atoms with van der Waals surface area (Å²) >= 11 is 0. The molecule has 0 aromatic carbocycles. The summed E-state index contributed by atoms with van der Waals surface area (Å²) in [4.78, 5) is 16.7. The fourth-order valence-electron chi connectivity index (χ4n) is 2.60. The third kappa shape index (κ3) is 2.63. The maximum Gasteiger partial charge on any atom is 0.257 e. The number of carbonyl (C=O) groups is 1. The normalized spacial score (nSPS) is 20.8. The van der Waals surface area contributed by atoms with E-state index in [1.54, 1.807) is 4.52 Å². The molecule has 3 heterocycles. The first kappa shape index (κ1) is 14.0. The molecule has 3 rings (SSSR count). The highest BCUT2D eigenvalue weighted by molar-refractivity contribution is 7.91. The predicted octanol–water partition coefficient (Wildman–Crippen LogP) is 0.263. The SMILES string of the molecule is Cc1cc(C)n2ncc(C(=O)NC3CCS(=O)(=O)C3)c2n1. The van der Waals surface area contributed by atoms with E-state index in [1.807, 2.05) is 19.9 Å². The van der Waals surface area contributed by atoms with Crippen LogP contribution in [0.3, 0.4) is 0 Å². The molecule has 0 saturated carbocycles. The fraction of sp³-hybridized carbons (Fsp3) is 0.462. The number of carbonyl (C=O) groups excluding carboxylic acids is 1. The molecule has 1 saturated heterocycles. The van der Waals surface area contributed by atoms with Crippen molar-refractivity contribution >= 4 is 21.4 Å². The van der Waals surface area contributed by atoms with Crippen LogP contribution >= 0.6 is 0 Å². The third-order valence-corrected chi connectivity index (χ3v) is 5.36. The highest BCUT2D eigenvalue weighted by Crippen LogP contribution is 2.15. The van der Waals surface area contributed by atoms with Crippen molar-refractivity contribution in [3.63, 3.8) is 0 Å². The Kier molecular flexibility index (Phi) is 3.20. The molecule has 0 bridgehead atoms. The molecular weight excluding hydrogens is 292 g/mol. The van der Waals surface area contributed by atoms with Crippen molar-refractivity contribution in [2.45, 2.75) is 26.3 Å². The van der Waals surface area contributed by atoms with Crippen LogP contribution in [0, 0.1) is 13.8 Å². The molecule has 2 aromatic heterocycles. The summed E-state index contributed by atoms with van der Waals surface area (Å²) in [5.41, 5.74) is 2.55. The Hall–Kier alpha value is -1.96. The van der Waals surface area contributed by atoms with Gasteiger partial charge in [-0.25, -0.2) is 17.9 Å². The van der Waals surface area contributed by atoms with Crippen molar-refractivity contribution in [3.8, 4) is 0 Å². The van der Waals surface area contributed by atoms with Gasteiger partial charge in [0.25, 0.3) is 5.91 Å². The molecule has 7 nitrogen and oxygen atoms in total. The Morgan fingerprint density at radius 1 is 1.43 bits per heavy atom. The summed E-state index contributed by atoms with van der Waals surface area (Å²) in [5, 5.41) is 6.92. The highest BCUT2D eigenvalue weighted by atomic mass is 32.2. The highest BCUT2D eigenvalue weighted by Gasteiger charge is 2.30. The molecule has 0 aliphatic carbocycles. The van der Waals surface area contributed by atoms with Gasteiger partial charge < -0.3 is 5.32 Å². The number of nitrogens with one attached hydrogen (secondary N) is 1. The lowest BCUT2D eigenvalue weighted by Crippen LogP contribution is -2.35. The quantitative estimate of drug-likeness (QED) is 0.859. The lowest BCUT2D eigenvalue weighted by atomic mass is 10.2. The van der Waals surface area contributed by atoms with Gasteiger partial charge >= 0.3 is 0 Å². The third-order valence-electron chi connectivity index (χ3n) is 3.59. The minimum absolute atomic E-state index is 0.00341. The van der Waals surface area contributed by atoms with Gasteiger partial charge in [0.2, 0.25) is 0 Å². The summed E-state index contributed by atoms with van der Waals surface area (Å²) in [6, 6.07) is 1.55. The summed E-state index contributed by atoms with van der Waals surface area (Å²) in [5.74, 6) is -0.198. The molecule has 1 aliphatic heterocycles. The number of aromatic nitrogens is 3. The fourth-order valence-corrected chi connectivity index (χ4v) is 4.28. The van der Waals surface area contributed by atoms with Crippen LogP contribution in [-0.4, -0.2) is 46.5 Å². The Bertz CT molecular complexity index is 825. The van der Waals surface area contributed by atoms with Crippen molar-refractivity contribution < 1.29 is 13.2 Å². The Labute approximate surface area is 122 Å². The van der Waals surface area contributed by atoms with E-state index in [9.17, 15) is 13.2 Å². The second kappa shape index (κ2) is 4.80. The molecule has 1 atom stereocenters. The van der Waals surface area contributed by atoms with Crippen LogP contribution in [0.15, 0.2) is 12.3 Å². The van der Waals surface area contributed by atoms with E-state index in [0.29, 0.717) is 17.6 Å². The van der Waals surface area contributed by atoms with Crippen LogP contribution < -0.4 is 5.32 Å². The lowest BCUT2D eigenvalue weighted by molar-refractivity contribution is 0.0942. The van der Waals surface area contributed by atoms with Crippen LogP contribution in [0.1, 0.15) is 28.2 Å². The molecule has 1 aliphatic rings.